The van der Waals surface area contributed by atoms with E-state index in [0.29, 0.717) is 24.7 Å². The molecule has 114 valence electrons. The van der Waals surface area contributed by atoms with Gasteiger partial charge in [0.2, 0.25) is 0 Å². The maximum Gasteiger partial charge on any atom is 0.161 e. The molecular formula is C17H19N3O2. The largest absolute Gasteiger partial charge is 0.493 e. The van der Waals surface area contributed by atoms with Crippen LogP contribution >= 0.6 is 0 Å². The van der Waals surface area contributed by atoms with Gasteiger partial charge in [-0.2, -0.15) is 5.26 Å². The van der Waals surface area contributed by atoms with E-state index in [1.54, 1.807) is 19.5 Å². The normalized spacial score (nSPS) is 11.5. The molecule has 0 radical (unpaired) electrons. The molecular weight excluding hydrogens is 278 g/mol. The highest BCUT2D eigenvalue weighted by atomic mass is 16.5. The molecule has 0 spiro atoms. The van der Waals surface area contributed by atoms with Gasteiger partial charge < -0.3 is 9.47 Å². The fourth-order valence-corrected chi connectivity index (χ4v) is 2.10. The zero-order valence-corrected chi connectivity index (χ0v) is 12.7. The number of aromatic nitrogens is 1. The minimum absolute atomic E-state index is 0.426. The SMILES string of the molecule is CCOc1cc(C(C#N)NCc2cccnc2)ccc1OC. The van der Waals surface area contributed by atoms with E-state index in [-0.39, 0.29) is 0 Å². The Hall–Kier alpha value is -2.58. The molecule has 2 aromatic rings. The molecule has 5 heteroatoms. The van der Waals surface area contributed by atoms with Gasteiger partial charge in [-0.05, 0) is 36.2 Å². The lowest BCUT2D eigenvalue weighted by molar-refractivity contribution is 0.310. The second kappa shape index (κ2) is 8.01. The number of rotatable bonds is 7. The summed E-state index contributed by atoms with van der Waals surface area (Å²) < 4.78 is 10.8. The highest BCUT2D eigenvalue weighted by Gasteiger charge is 2.13. The number of nitriles is 1. The van der Waals surface area contributed by atoms with Crippen LogP contribution in [0.25, 0.3) is 0 Å². The molecule has 1 heterocycles. The molecule has 1 unspecified atom stereocenters. The standard InChI is InChI=1S/C17H19N3O2/c1-3-22-17-9-14(6-7-16(17)21-2)15(10-18)20-12-13-5-4-8-19-11-13/h4-9,11,15,20H,3,12H2,1-2H3. The second-order valence-corrected chi connectivity index (χ2v) is 4.65. The zero-order valence-electron chi connectivity index (χ0n) is 12.7. The first-order chi connectivity index (χ1) is 10.8. The summed E-state index contributed by atoms with van der Waals surface area (Å²) in [6.07, 6.45) is 3.50. The summed E-state index contributed by atoms with van der Waals surface area (Å²) >= 11 is 0. The van der Waals surface area contributed by atoms with E-state index in [1.165, 1.54) is 0 Å². The summed E-state index contributed by atoms with van der Waals surface area (Å²) in [5.74, 6) is 1.31. The average molecular weight is 297 g/mol. The van der Waals surface area contributed by atoms with E-state index in [2.05, 4.69) is 16.4 Å². The van der Waals surface area contributed by atoms with E-state index in [9.17, 15) is 5.26 Å². The Balaban J connectivity index is 2.13. The zero-order chi connectivity index (χ0) is 15.8. The first kappa shape index (κ1) is 15.8. The summed E-state index contributed by atoms with van der Waals surface area (Å²) in [5, 5.41) is 12.6. The van der Waals surface area contributed by atoms with Crippen LogP contribution in [0.1, 0.15) is 24.1 Å². The number of nitrogens with zero attached hydrogens (tertiary/aromatic N) is 2. The van der Waals surface area contributed by atoms with Crippen molar-refractivity contribution in [3.8, 4) is 17.6 Å². The Bertz CT molecular complexity index is 638. The Labute approximate surface area is 130 Å². The van der Waals surface area contributed by atoms with Crippen molar-refractivity contribution in [3.05, 3.63) is 53.9 Å². The summed E-state index contributed by atoms with van der Waals surface area (Å²) in [5.41, 5.74) is 1.87. The first-order valence-electron chi connectivity index (χ1n) is 7.11. The summed E-state index contributed by atoms with van der Waals surface area (Å²) in [6, 6.07) is 11.2. The van der Waals surface area contributed by atoms with Gasteiger partial charge in [-0.1, -0.05) is 12.1 Å². The molecule has 1 atom stereocenters. The number of nitrogens with one attached hydrogen (secondary N) is 1. The van der Waals surface area contributed by atoms with Gasteiger partial charge in [-0.25, -0.2) is 0 Å². The van der Waals surface area contributed by atoms with Crippen molar-refractivity contribution in [3.63, 3.8) is 0 Å². The van der Waals surface area contributed by atoms with Crippen LogP contribution in [0, 0.1) is 11.3 Å². The molecule has 0 aliphatic heterocycles. The van der Waals surface area contributed by atoms with Gasteiger partial charge in [0.1, 0.15) is 6.04 Å². The quantitative estimate of drug-likeness (QED) is 0.851. The lowest BCUT2D eigenvalue weighted by Gasteiger charge is -2.15. The molecule has 0 amide bonds. The van der Waals surface area contributed by atoms with Crippen LogP contribution < -0.4 is 14.8 Å². The summed E-state index contributed by atoms with van der Waals surface area (Å²) in [4.78, 5) is 4.06. The van der Waals surface area contributed by atoms with Gasteiger partial charge in [0.15, 0.2) is 11.5 Å². The van der Waals surface area contributed by atoms with E-state index >= 15 is 0 Å². The lowest BCUT2D eigenvalue weighted by atomic mass is 10.1. The molecule has 22 heavy (non-hydrogen) atoms. The molecule has 0 saturated heterocycles. The van der Waals surface area contributed by atoms with Crippen molar-refractivity contribution in [2.75, 3.05) is 13.7 Å². The van der Waals surface area contributed by atoms with Gasteiger partial charge in [0, 0.05) is 18.9 Å². The maximum absolute atomic E-state index is 9.40. The predicted molar refractivity (Wildman–Crippen MR) is 83.6 cm³/mol. The predicted octanol–water partition coefficient (Wildman–Crippen LogP) is 2.84. The fraction of sp³-hybridized carbons (Fsp3) is 0.294. The van der Waals surface area contributed by atoms with Crippen molar-refractivity contribution in [2.24, 2.45) is 0 Å². The second-order valence-electron chi connectivity index (χ2n) is 4.65. The average Bonchev–Trinajstić information content (AvgIpc) is 2.57. The molecule has 2 rings (SSSR count). The van der Waals surface area contributed by atoms with Gasteiger partial charge in [0.25, 0.3) is 0 Å². The highest BCUT2D eigenvalue weighted by molar-refractivity contribution is 5.44. The molecule has 1 aromatic carbocycles. The van der Waals surface area contributed by atoms with Crippen LogP contribution in [-0.2, 0) is 6.54 Å². The van der Waals surface area contributed by atoms with E-state index in [0.717, 1.165) is 11.1 Å². The number of ether oxygens (including phenoxy) is 2. The van der Waals surface area contributed by atoms with Crippen LogP contribution in [0.15, 0.2) is 42.7 Å². The molecule has 5 nitrogen and oxygen atoms in total. The van der Waals surface area contributed by atoms with E-state index < -0.39 is 6.04 Å². The Morgan fingerprint density at radius 2 is 2.18 bits per heavy atom. The molecule has 1 N–H and O–H groups in total. The van der Waals surface area contributed by atoms with Gasteiger partial charge in [-0.15, -0.1) is 0 Å². The van der Waals surface area contributed by atoms with Crippen LogP contribution in [-0.4, -0.2) is 18.7 Å². The number of hydrogen-bond donors (Lipinski definition) is 1. The van der Waals surface area contributed by atoms with Gasteiger partial charge >= 0.3 is 0 Å². The Kier molecular flexibility index (Phi) is 5.75. The van der Waals surface area contributed by atoms with Crippen LogP contribution in [0.2, 0.25) is 0 Å². The third kappa shape index (κ3) is 3.96. The number of pyridine rings is 1. The topological polar surface area (TPSA) is 67.2 Å². The summed E-state index contributed by atoms with van der Waals surface area (Å²) in [7, 11) is 1.60. The van der Waals surface area contributed by atoms with Crippen LogP contribution in [0.3, 0.4) is 0 Å². The molecule has 0 aliphatic carbocycles. The van der Waals surface area contributed by atoms with Crippen molar-refractivity contribution >= 4 is 0 Å². The highest BCUT2D eigenvalue weighted by Crippen LogP contribution is 2.30. The number of benzene rings is 1. The lowest BCUT2D eigenvalue weighted by Crippen LogP contribution is -2.19. The summed E-state index contributed by atoms with van der Waals surface area (Å²) in [6.45, 7) is 3.02. The fourth-order valence-electron chi connectivity index (χ4n) is 2.10. The third-order valence-corrected chi connectivity index (χ3v) is 3.18. The third-order valence-electron chi connectivity index (χ3n) is 3.18. The smallest absolute Gasteiger partial charge is 0.161 e. The van der Waals surface area contributed by atoms with Crippen molar-refractivity contribution in [1.29, 1.82) is 5.26 Å². The number of methoxy groups -OCH3 is 1. The van der Waals surface area contributed by atoms with Crippen LogP contribution in [0.5, 0.6) is 11.5 Å². The Morgan fingerprint density at radius 1 is 1.32 bits per heavy atom. The molecule has 0 saturated carbocycles. The van der Waals surface area contributed by atoms with E-state index in [4.69, 9.17) is 9.47 Å². The number of hydrogen-bond acceptors (Lipinski definition) is 5. The molecule has 0 fully saturated rings. The monoisotopic (exact) mass is 297 g/mol. The van der Waals surface area contributed by atoms with E-state index in [1.807, 2.05) is 37.3 Å². The maximum atomic E-state index is 9.40. The molecule has 0 aliphatic rings. The molecule has 0 bridgehead atoms. The minimum Gasteiger partial charge on any atom is -0.493 e. The van der Waals surface area contributed by atoms with Crippen molar-refractivity contribution < 1.29 is 9.47 Å². The van der Waals surface area contributed by atoms with Gasteiger partial charge in [-0.3, -0.25) is 10.3 Å². The van der Waals surface area contributed by atoms with Crippen molar-refractivity contribution in [1.82, 2.24) is 10.3 Å². The first-order valence-corrected chi connectivity index (χ1v) is 7.11. The van der Waals surface area contributed by atoms with Crippen LogP contribution in [0.4, 0.5) is 0 Å². The Morgan fingerprint density at radius 3 is 2.82 bits per heavy atom. The minimum atomic E-state index is -0.426. The molecule has 1 aromatic heterocycles. The van der Waals surface area contributed by atoms with Crippen molar-refractivity contribution in [2.45, 2.75) is 19.5 Å². The van der Waals surface area contributed by atoms with Gasteiger partial charge in [0.05, 0.1) is 19.8 Å².